The lowest BCUT2D eigenvalue weighted by molar-refractivity contribution is 0.0864. The van der Waals surface area contributed by atoms with Crippen LogP contribution in [0.15, 0.2) is 24.3 Å². The Bertz CT molecular complexity index is 893. The first-order valence-corrected chi connectivity index (χ1v) is 12.5. The van der Waals surface area contributed by atoms with Crippen LogP contribution >= 0.6 is 0 Å². The summed E-state index contributed by atoms with van der Waals surface area (Å²) in [6, 6.07) is 9.35. The van der Waals surface area contributed by atoms with Gasteiger partial charge in [0.25, 0.3) is 0 Å². The van der Waals surface area contributed by atoms with E-state index in [1.807, 2.05) is 18.2 Å². The van der Waals surface area contributed by atoms with Crippen LogP contribution in [0.1, 0.15) is 11.4 Å². The van der Waals surface area contributed by atoms with Gasteiger partial charge in [0.2, 0.25) is 0 Å². The molecule has 0 bridgehead atoms. The summed E-state index contributed by atoms with van der Waals surface area (Å²) < 4.78 is 8.20. The minimum absolute atomic E-state index is 0.533. The maximum atomic E-state index is 6.02. The normalized spacial score (nSPS) is 14.4. The maximum absolute atomic E-state index is 6.02. The fourth-order valence-corrected chi connectivity index (χ4v) is 3.92. The molecule has 2 aromatic heterocycles. The molecule has 0 radical (unpaired) electrons. The lowest BCUT2D eigenvalue weighted by Gasteiger charge is -2.16. The van der Waals surface area contributed by atoms with Gasteiger partial charge in [-0.1, -0.05) is 37.8 Å². The number of hydrogen-bond donors (Lipinski definition) is 2. The van der Waals surface area contributed by atoms with Crippen molar-refractivity contribution in [3.8, 4) is 11.5 Å². The third-order valence-electron chi connectivity index (χ3n) is 4.64. The van der Waals surface area contributed by atoms with Gasteiger partial charge >= 0.3 is 0 Å². The third-order valence-corrected chi connectivity index (χ3v) is 6.34. The quantitative estimate of drug-likeness (QED) is 0.526. The van der Waals surface area contributed by atoms with E-state index >= 15 is 0 Å². The number of imidazole rings is 1. The summed E-state index contributed by atoms with van der Waals surface area (Å²) >= 11 is 0. The number of aromatic amines is 1. The standard InChI is InChI=1S/C18H25N5OSi/c1-25(2,3)9-8-24-12-23-16-11-19-10-15(16)20-18(23)17-13-6-4-5-7-14(13)21-22-17/h4-7,19H,8-12H2,1-3H3,(H,21,22). The molecule has 0 saturated heterocycles. The lowest BCUT2D eigenvalue weighted by Crippen LogP contribution is -2.22. The molecule has 0 fully saturated rings. The second kappa shape index (κ2) is 6.40. The fourth-order valence-electron chi connectivity index (χ4n) is 3.16. The van der Waals surface area contributed by atoms with E-state index in [-0.39, 0.29) is 0 Å². The number of para-hydroxylation sites is 1. The summed E-state index contributed by atoms with van der Waals surface area (Å²) in [4.78, 5) is 4.86. The molecule has 1 aliphatic rings. The van der Waals surface area contributed by atoms with Gasteiger partial charge in [0.15, 0.2) is 5.82 Å². The van der Waals surface area contributed by atoms with Crippen molar-refractivity contribution in [3.63, 3.8) is 0 Å². The SMILES string of the molecule is C[Si](C)(C)CCOCn1c(-c2n[nH]c3ccccc23)nc2c1CNC2. The molecule has 0 saturated carbocycles. The van der Waals surface area contributed by atoms with Crippen molar-refractivity contribution in [2.75, 3.05) is 6.61 Å². The monoisotopic (exact) mass is 355 g/mol. The predicted octanol–water partition coefficient (Wildman–Crippen LogP) is 3.34. The fraction of sp³-hybridized carbons (Fsp3) is 0.444. The van der Waals surface area contributed by atoms with Gasteiger partial charge < -0.3 is 14.6 Å². The van der Waals surface area contributed by atoms with E-state index in [9.17, 15) is 0 Å². The molecule has 1 aliphatic heterocycles. The zero-order valence-corrected chi connectivity index (χ0v) is 16.1. The van der Waals surface area contributed by atoms with E-state index in [1.54, 1.807) is 0 Å². The van der Waals surface area contributed by atoms with Crippen molar-refractivity contribution < 1.29 is 4.74 Å². The highest BCUT2D eigenvalue weighted by molar-refractivity contribution is 6.76. The molecule has 25 heavy (non-hydrogen) atoms. The van der Waals surface area contributed by atoms with Crippen molar-refractivity contribution >= 4 is 19.0 Å². The van der Waals surface area contributed by atoms with Crippen LogP contribution in [0.3, 0.4) is 0 Å². The molecule has 0 atom stereocenters. The number of hydrogen-bond acceptors (Lipinski definition) is 4. The highest BCUT2D eigenvalue weighted by Gasteiger charge is 2.24. The molecule has 7 heteroatoms. The summed E-state index contributed by atoms with van der Waals surface area (Å²) in [7, 11) is -1.08. The Morgan fingerprint density at radius 3 is 2.88 bits per heavy atom. The van der Waals surface area contributed by atoms with Crippen molar-refractivity contribution in [1.29, 1.82) is 0 Å². The summed E-state index contributed by atoms with van der Waals surface area (Å²) in [6.45, 7) is 10.1. The largest absolute Gasteiger partial charge is 0.361 e. The molecular weight excluding hydrogens is 330 g/mol. The molecule has 6 nitrogen and oxygen atoms in total. The Balaban J connectivity index is 1.64. The molecule has 0 amide bonds. The van der Waals surface area contributed by atoms with Gasteiger partial charge in [-0.25, -0.2) is 4.98 Å². The van der Waals surface area contributed by atoms with E-state index in [2.05, 4.69) is 45.8 Å². The summed E-state index contributed by atoms with van der Waals surface area (Å²) in [5.41, 5.74) is 4.26. The van der Waals surface area contributed by atoms with Gasteiger partial charge in [-0.15, -0.1) is 0 Å². The van der Waals surface area contributed by atoms with Gasteiger partial charge in [-0.05, 0) is 12.1 Å². The van der Waals surface area contributed by atoms with Crippen molar-refractivity contribution in [2.45, 2.75) is 45.5 Å². The molecule has 3 heterocycles. The summed E-state index contributed by atoms with van der Waals surface area (Å²) in [6.07, 6.45) is 0. The molecule has 0 aliphatic carbocycles. The number of H-pyrrole nitrogens is 1. The first-order chi connectivity index (χ1) is 12.0. The number of rotatable bonds is 6. The lowest BCUT2D eigenvalue weighted by atomic mass is 10.2. The number of aromatic nitrogens is 4. The molecular formula is C18H25N5OSi. The third kappa shape index (κ3) is 3.27. The van der Waals surface area contributed by atoms with E-state index in [4.69, 9.17) is 9.72 Å². The highest BCUT2D eigenvalue weighted by atomic mass is 28.3. The van der Waals surface area contributed by atoms with E-state index < -0.39 is 8.07 Å². The van der Waals surface area contributed by atoms with Crippen molar-refractivity contribution in [2.24, 2.45) is 0 Å². The Morgan fingerprint density at radius 1 is 1.20 bits per heavy atom. The van der Waals surface area contributed by atoms with Gasteiger partial charge in [-0.2, -0.15) is 5.10 Å². The molecule has 132 valence electrons. The molecule has 0 spiro atoms. The molecule has 2 N–H and O–H groups in total. The number of nitrogens with one attached hydrogen (secondary N) is 2. The average molecular weight is 356 g/mol. The Hall–Kier alpha value is -1.96. The van der Waals surface area contributed by atoms with E-state index in [1.165, 1.54) is 11.7 Å². The molecule has 4 rings (SSSR count). The van der Waals surface area contributed by atoms with Crippen LogP contribution in [0.25, 0.3) is 22.4 Å². The number of nitrogens with zero attached hydrogens (tertiary/aromatic N) is 3. The summed E-state index contributed by atoms with van der Waals surface area (Å²) in [5.74, 6) is 0.900. The van der Waals surface area contributed by atoms with Crippen LogP contribution in [0.2, 0.25) is 25.7 Å². The minimum Gasteiger partial charge on any atom is -0.361 e. The topological polar surface area (TPSA) is 67.8 Å². The second-order valence-electron chi connectivity index (χ2n) is 7.83. The van der Waals surface area contributed by atoms with E-state index in [0.29, 0.717) is 6.73 Å². The zero-order chi connectivity index (χ0) is 17.4. The van der Waals surface area contributed by atoms with Crippen LogP contribution in [0.5, 0.6) is 0 Å². The zero-order valence-electron chi connectivity index (χ0n) is 15.1. The number of fused-ring (bicyclic) bond motifs is 2. The average Bonchev–Trinajstić information content (AvgIpc) is 3.25. The van der Waals surface area contributed by atoms with Crippen LogP contribution in [-0.2, 0) is 24.6 Å². The minimum atomic E-state index is -1.08. The van der Waals surface area contributed by atoms with E-state index in [0.717, 1.165) is 47.8 Å². The Morgan fingerprint density at radius 2 is 2.04 bits per heavy atom. The molecule has 3 aromatic rings. The first-order valence-electron chi connectivity index (χ1n) is 8.83. The Kier molecular flexibility index (Phi) is 4.22. The van der Waals surface area contributed by atoms with Crippen LogP contribution in [-0.4, -0.2) is 34.4 Å². The smallest absolute Gasteiger partial charge is 0.163 e. The first kappa shape index (κ1) is 16.5. The summed E-state index contributed by atoms with van der Waals surface area (Å²) in [5, 5.41) is 12.1. The number of ether oxygens (including phenoxy) is 1. The second-order valence-corrected chi connectivity index (χ2v) is 13.4. The highest BCUT2D eigenvalue weighted by Crippen LogP contribution is 2.29. The van der Waals surface area contributed by atoms with Crippen molar-refractivity contribution in [1.82, 2.24) is 25.1 Å². The maximum Gasteiger partial charge on any atom is 0.163 e. The van der Waals surface area contributed by atoms with Crippen LogP contribution in [0.4, 0.5) is 0 Å². The van der Waals surface area contributed by atoms with Gasteiger partial charge in [0, 0.05) is 33.2 Å². The van der Waals surface area contributed by atoms with Crippen LogP contribution < -0.4 is 5.32 Å². The predicted molar refractivity (Wildman–Crippen MR) is 102 cm³/mol. The van der Waals surface area contributed by atoms with Gasteiger partial charge in [0.05, 0.1) is 16.9 Å². The van der Waals surface area contributed by atoms with Gasteiger partial charge in [0.1, 0.15) is 12.4 Å². The van der Waals surface area contributed by atoms with Crippen LogP contribution in [0, 0.1) is 0 Å². The number of benzene rings is 1. The molecule has 1 aromatic carbocycles. The van der Waals surface area contributed by atoms with Crippen molar-refractivity contribution in [3.05, 3.63) is 35.7 Å². The van der Waals surface area contributed by atoms with Gasteiger partial charge in [-0.3, -0.25) is 5.10 Å². The Labute approximate surface area is 148 Å². The molecule has 0 unspecified atom stereocenters.